The summed E-state index contributed by atoms with van der Waals surface area (Å²) >= 11 is 0. The second kappa shape index (κ2) is 6.16. The molecule has 2 rings (SSSR count). The van der Waals surface area contributed by atoms with Gasteiger partial charge in [0.1, 0.15) is 0 Å². The molecule has 0 radical (unpaired) electrons. The van der Waals surface area contributed by atoms with E-state index >= 15 is 0 Å². The number of hydrogen-bond acceptors (Lipinski definition) is 4. The molecule has 18 heavy (non-hydrogen) atoms. The van der Waals surface area contributed by atoms with Gasteiger partial charge < -0.3 is 15.7 Å². The van der Waals surface area contributed by atoms with Crippen LogP contribution in [0.4, 0.5) is 5.69 Å². The first kappa shape index (κ1) is 13.3. The lowest BCUT2D eigenvalue weighted by atomic mass is 10.1. The highest BCUT2D eigenvalue weighted by atomic mass is 16.3. The van der Waals surface area contributed by atoms with Gasteiger partial charge in [0, 0.05) is 25.7 Å². The zero-order valence-electron chi connectivity index (χ0n) is 11.0. The standard InChI is InChI=1S/C14H23N3O/c1-2-13(15)14-4-3-12(9-16-14)17-7-5-11(10-17)6-8-18/h3-4,9,11,13,18H,2,5-8,10,15H2,1H3/t11?,13-/m0/s1. The van der Waals surface area contributed by atoms with Gasteiger partial charge in [0.25, 0.3) is 0 Å². The van der Waals surface area contributed by atoms with Crippen molar-refractivity contribution in [2.24, 2.45) is 11.7 Å². The van der Waals surface area contributed by atoms with Crippen molar-refractivity contribution >= 4 is 5.69 Å². The Morgan fingerprint density at radius 2 is 2.39 bits per heavy atom. The third kappa shape index (κ3) is 3.00. The van der Waals surface area contributed by atoms with E-state index in [2.05, 4.69) is 22.9 Å². The van der Waals surface area contributed by atoms with Crippen LogP contribution in [0.25, 0.3) is 0 Å². The second-order valence-corrected chi connectivity index (χ2v) is 5.07. The van der Waals surface area contributed by atoms with Crippen molar-refractivity contribution in [2.75, 3.05) is 24.6 Å². The molecule has 0 amide bonds. The number of pyridine rings is 1. The molecule has 1 saturated heterocycles. The highest BCUT2D eigenvalue weighted by molar-refractivity contribution is 5.45. The normalized spacial score (nSPS) is 21.3. The molecule has 100 valence electrons. The van der Waals surface area contributed by atoms with E-state index in [0.717, 1.165) is 38.0 Å². The molecule has 0 saturated carbocycles. The highest BCUT2D eigenvalue weighted by Crippen LogP contribution is 2.25. The summed E-state index contributed by atoms with van der Waals surface area (Å²) < 4.78 is 0. The Labute approximate surface area is 109 Å². The van der Waals surface area contributed by atoms with Gasteiger partial charge in [-0.15, -0.1) is 0 Å². The SMILES string of the molecule is CC[C@H](N)c1ccc(N2CCC(CCO)C2)cn1. The lowest BCUT2D eigenvalue weighted by molar-refractivity contribution is 0.263. The van der Waals surface area contributed by atoms with Gasteiger partial charge in [0.15, 0.2) is 0 Å². The van der Waals surface area contributed by atoms with Crippen LogP contribution in [0, 0.1) is 5.92 Å². The third-order valence-electron chi connectivity index (χ3n) is 3.78. The Morgan fingerprint density at radius 3 is 3.00 bits per heavy atom. The van der Waals surface area contributed by atoms with Crippen molar-refractivity contribution in [3.63, 3.8) is 0 Å². The van der Waals surface area contributed by atoms with Gasteiger partial charge in [0.05, 0.1) is 17.6 Å². The summed E-state index contributed by atoms with van der Waals surface area (Å²) in [6.45, 7) is 4.45. The van der Waals surface area contributed by atoms with Crippen LogP contribution in [0.1, 0.15) is 37.9 Å². The van der Waals surface area contributed by atoms with E-state index in [0.29, 0.717) is 12.5 Å². The lowest BCUT2D eigenvalue weighted by Crippen LogP contribution is -2.20. The first-order valence-corrected chi connectivity index (χ1v) is 6.82. The second-order valence-electron chi connectivity index (χ2n) is 5.07. The monoisotopic (exact) mass is 249 g/mol. The maximum Gasteiger partial charge on any atom is 0.0572 e. The van der Waals surface area contributed by atoms with Crippen molar-refractivity contribution in [2.45, 2.75) is 32.2 Å². The Morgan fingerprint density at radius 1 is 1.56 bits per heavy atom. The topological polar surface area (TPSA) is 62.4 Å². The zero-order valence-corrected chi connectivity index (χ0v) is 11.0. The molecule has 0 spiro atoms. The van der Waals surface area contributed by atoms with Gasteiger partial charge in [-0.05, 0) is 37.3 Å². The summed E-state index contributed by atoms with van der Waals surface area (Å²) in [5.74, 6) is 0.618. The molecule has 2 atom stereocenters. The van der Waals surface area contributed by atoms with Crippen LogP contribution >= 0.6 is 0 Å². The number of nitrogens with zero attached hydrogens (tertiary/aromatic N) is 2. The molecule has 0 aliphatic carbocycles. The van der Waals surface area contributed by atoms with E-state index in [1.165, 1.54) is 5.69 Å². The Bertz CT molecular complexity index is 366. The van der Waals surface area contributed by atoms with Crippen molar-refractivity contribution in [3.8, 4) is 0 Å². The van der Waals surface area contributed by atoms with E-state index < -0.39 is 0 Å². The molecule has 4 heteroatoms. The van der Waals surface area contributed by atoms with E-state index in [9.17, 15) is 0 Å². The minimum absolute atomic E-state index is 0.0414. The number of rotatable bonds is 5. The molecule has 4 nitrogen and oxygen atoms in total. The van der Waals surface area contributed by atoms with Gasteiger partial charge in [0.2, 0.25) is 0 Å². The van der Waals surface area contributed by atoms with E-state index in [1.54, 1.807) is 0 Å². The Kier molecular flexibility index (Phi) is 4.55. The average molecular weight is 249 g/mol. The molecule has 1 fully saturated rings. The molecule has 3 N–H and O–H groups in total. The van der Waals surface area contributed by atoms with Crippen LogP contribution in [0.15, 0.2) is 18.3 Å². The molecule has 1 aliphatic heterocycles. The smallest absolute Gasteiger partial charge is 0.0572 e. The van der Waals surface area contributed by atoms with Gasteiger partial charge in [-0.1, -0.05) is 6.92 Å². The van der Waals surface area contributed by atoms with Crippen molar-refractivity contribution in [3.05, 3.63) is 24.0 Å². The fourth-order valence-corrected chi connectivity index (χ4v) is 2.50. The average Bonchev–Trinajstić information content (AvgIpc) is 2.87. The molecular formula is C14H23N3O. The Balaban J connectivity index is 1.98. The molecule has 0 bridgehead atoms. The summed E-state index contributed by atoms with van der Waals surface area (Å²) in [4.78, 5) is 6.79. The molecular weight excluding hydrogens is 226 g/mol. The highest BCUT2D eigenvalue weighted by Gasteiger charge is 2.22. The summed E-state index contributed by atoms with van der Waals surface area (Å²) in [7, 11) is 0. The molecule has 1 aromatic heterocycles. The summed E-state index contributed by atoms with van der Waals surface area (Å²) in [6, 6.07) is 4.18. The van der Waals surface area contributed by atoms with Gasteiger partial charge >= 0.3 is 0 Å². The van der Waals surface area contributed by atoms with Crippen molar-refractivity contribution in [1.29, 1.82) is 0 Å². The van der Waals surface area contributed by atoms with Gasteiger partial charge in [-0.25, -0.2) is 0 Å². The summed E-state index contributed by atoms with van der Waals surface area (Å²) in [5.41, 5.74) is 8.09. The van der Waals surface area contributed by atoms with Gasteiger partial charge in [-0.3, -0.25) is 4.98 Å². The fraction of sp³-hybridized carbons (Fsp3) is 0.643. The van der Waals surface area contributed by atoms with Gasteiger partial charge in [-0.2, -0.15) is 0 Å². The quantitative estimate of drug-likeness (QED) is 0.833. The van der Waals surface area contributed by atoms with Crippen LogP contribution in [-0.2, 0) is 0 Å². The lowest BCUT2D eigenvalue weighted by Gasteiger charge is -2.19. The third-order valence-corrected chi connectivity index (χ3v) is 3.78. The van der Waals surface area contributed by atoms with Crippen molar-refractivity contribution in [1.82, 2.24) is 4.98 Å². The minimum Gasteiger partial charge on any atom is -0.396 e. The number of nitrogens with two attached hydrogens (primary N) is 1. The van der Waals surface area contributed by atoms with Crippen LogP contribution in [0.2, 0.25) is 0 Å². The molecule has 0 aromatic carbocycles. The van der Waals surface area contributed by atoms with Crippen LogP contribution < -0.4 is 10.6 Å². The number of hydrogen-bond donors (Lipinski definition) is 2. The Hall–Kier alpha value is -1.13. The van der Waals surface area contributed by atoms with Crippen LogP contribution in [0.5, 0.6) is 0 Å². The predicted molar refractivity (Wildman–Crippen MR) is 73.5 cm³/mol. The fourth-order valence-electron chi connectivity index (χ4n) is 2.50. The molecule has 2 heterocycles. The maximum absolute atomic E-state index is 8.96. The zero-order chi connectivity index (χ0) is 13.0. The molecule has 1 aromatic rings. The van der Waals surface area contributed by atoms with Crippen LogP contribution in [-0.4, -0.2) is 29.8 Å². The van der Waals surface area contributed by atoms with E-state index in [1.807, 2.05) is 12.3 Å². The predicted octanol–water partition coefficient (Wildman–Crippen LogP) is 1.70. The summed E-state index contributed by atoms with van der Waals surface area (Å²) in [5, 5.41) is 8.96. The number of aromatic nitrogens is 1. The van der Waals surface area contributed by atoms with Crippen LogP contribution in [0.3, 0.4) is 0 Å². The largest absolute Gasteiger partial charge is 0.396 e. The minimum atomic E-state index is 0.0414. The molecule has 1 unspecified atom stereocenters. The first-order chi connectivity index (χ1) is 8.74. The number of aliphatic hydroxyl groups excluding tert-OH is 1. The number of anilines is 1. The summed E-state index contributed by atoms with van der Waals surface area (Å²) in [6.07, 6.45) is 4.90. The first-order valence-electron chi connectivity index (χ1n) is 6.82. The number of aliphatic hydroxyl groups is 1. The van der Waals surface area contributed by atoms with E-state index in [-0.39, 0.29) is 6.04 Å². The van der Waals surface area contributed by atoms with Crippen molar-refractivity contribution < 1.29 is 5.11 Å². The molecule has 1 aliphatic rings. The van der Waals surface area contributed by atoms with E-state index in [4.69, 9.17) is 10.8 Å². The maximum atomic E-state index is 8.96.